The Hall–Kier alpha value is -1.95. The normalized spacial score (nSPS) is 12.3. The topological polar surface area (TPSA) is 75.1 Å². The zero-order valence-electron chi connectivity index (χ0n) is 9.88. The Balaban J connectivity index is 2.36. The lowest BCUT2D eigenvalue weighted by atomic mass is 10.2. The predicted octanol–water partition coefficient (Wildman–Crippen LogP) is 2.44. The van der Waals surface area contributed by atoms with Gasteiger partial charge in [-0.25, -0.2) is 14.8 Å². The van der Waals surface area contributed by atoms with Crippen LogP contribution in [0.1, 0.15) is 12.0 Å². The van der Waals surface area contributed by atoms with Crippen molar-refractivity contribution in [2.45, 2.75) is 19.4 Å². The highest BCUT2D eigenvalue weighted by Crippen LogP contribution is 2.28. The Morgan fingerprint density at radius 3 is 3.11 bits per heavy atom. The minimum atomic E-state index is -0.921. The fourth-order valence-corrected chi connectivity index (χ4v) is 2.58. The van der Waals surface area contributed by atoms with Crippen molar-refractivity contribution in [3.63, 3.8) is 0 Å². The van der Waals surface area contributed by atoms with Crippen molar-refractivity contribution in [2.75, 3.05) is 5.32 Å². The van der Waals surface area contributed by atoms with Gasteiger partial charge in [-0.1, -0.05) is 6.08 Å². The minimum absolute atomic E-state index is 0.338. The molecule has 2 aromatic heterocycles. The summed E-state index contributed by atoms with van der Waals surface area (Å²) in [6.45, 7) is 5.52. The lowest BCUT2D eigenvalue weighted by molar-refractivity contribution is -0.137. The van der Waals surface area contributed by atoms with Crippen LogP contribution in [0.3, 0.4) is 0 Å². The number of fused-ring (bicyclic) bond motifs is 1. The SMILES string of the molecule is C=CCC(Nc1ncnc2c(C)csc12)C(=O)O. The van der Waals surface area contributed by atoms with Crippen molar-refractivity contribution < 1.29 is 9.90 Å². The van der Waals surface area contributed by atoms with Crippen LogP contribution < -0.4 is 5.32 Å². The summed E-state index contributed by atoms with van der Waals surface area (Å²) in [7, 11) is 0. The van der Waals surface area contributed by atoms with Crippen LogP contribution in [0.4, 0.5) is 5.82 Å². The first-order chi connectivity index (χ1) is 8.63. The maximum Gasteiger partial charge on any atom is 0.326 e. The first-order valence-corrected chi connectivity index (χ1v) is 6.30. The molecule has 6 heteroatoms. The van der Waals surface area contributed by atoms with Gasteiger partial charge in [-0.15, -0.1) is 17.9 Å². The Morgan fingerprint density at radius 2 is 2.44 bits per heavy atom. The van der Waals surface area contributed by atoms with E-state index >= 15 is 0 Å². The van der Waals surface area contributed by atoms with E-state index in [1.807, 2.05) is 12.3 Å². The first kappa shape index (κ1) is 12.5. The third kappa shape index (κ3) is 2.33. The van der Waals surface area contributed by atoms with E-state index < -0.39 is 12.0 Å². The van der Waals surface area contributed by atoms with Crippen LogP contribution in [0.15, 0.2) is 24.4 Å². The second-order valence-corrected chi connectivity index (χ2v) is 4.76. The number of aliphatic carboxylic acids is 1. The molecule has 2 aromatic rings. The van der Waals surface area contributed by atoms with E-state index in [9.17, 15) is 4.79 Å². The van der Waals surface area contributed by atoms with Gasteiger partial charge < -0.3 is 10.4 Å². The standard InChI is InChI=1S/C12H13N3O2S/c1-3-4-8(12(16)17)15-11-10-9(13-6-14-11)7(2)5-18-10/h3,5-6,8H,1,4H2,2H3,(H,16,17)(H,13,14,15). The van der Waals surface area contributed by atoms with Crippen molar-refractivity contribution >= 4 is 33.3 Å². The molecule has 2 N–H and O–H groups in total. The fourth-order valence-electron chi connectivity index (χ4n) is 1.63. The molecule has 0 fully saturated rings. The van der Waals surface area contributed by atoms with E-state index in [0.29, 0.717) is 12.2 Å². The molecule has 0 bridgehead atoms. The summed E-state index contributed by atoms with van der Waals surface area (Å²) in [6, 6.07) is -0.719. The van der Waals surface area contributed by atoms with Crippen molar-refractivity contribution in [1.82, 2.24) is 9.97 Å². The molecule has 2 heterocycles. The number of carboxylic acids is 1. The zero-order valence-corrected chi connectivity index (χ0v) is 10.7. The second-order valence-electron chi connectivity index (χ2n) is 3.88. The molecular formula is C12H13N3O2S. The Morgan fingerprint density at radius 1 is 1.67 bits per heavy atom. The van der Waals surface area contributed by atoms with Gasteiger partial charge in [-0.05, 0) is 24.3 Å². The van der Waals surface area contributed by atoms with E-state index in [4.69, 9.17) is 5.11 Å². The summed E-state index contributed by atoms with van der Waals surface area (Å²) < 4.78 is 0.880. The third-order valence-electron chi connectivity index (χ3n) is 2.54. The Labute approximate surface area is 108 Å². The predicted molar refractivity (Wildman–Crippen MR) is 72.0 cm³/mol. The zero-order chi connectivity index (χ0) is 13.1. The van der Waals surface area contributed by atoms with Crippen molar-refractivity contribution in [3.8, 4) is 0 Å². The van der Waals surface area contributed by atoms with Crippen LogP contribution in [0, 0.1) is 6.92 Å². The summed E-state index contributed by atoms with van der Waals surface area (Å²) >= 11 is 1.51. The number of carbonyl (C=O) groups is 1. The molecule has 0 aliphatic heterocycles. The molecule has 94 valence electrons. The van der Waals surface area contributed by atoms with Gasteiger partial charge in [0.2, 0.25) is 0 Å². The molecule has 0 aromatic carbocycles. The molecule has 18 heavy (non-hydrogen) atoms. The van der Waals surface area contributed by atoms with Gasteiger partial charge in [0.1, 0.15) is 18.2 Å². The van der Waals surface area contributed by atoms with Crippen molar-refractivity contribution in [2.24, 2.45) is 0 Å². The summed E-state index contributed by atoms with van der Waals surface area (Å²) in [5, 5.41) is 14.0. The molecule has 0 aliphatic rings. The van der Waals surface area contributed by atoms with Gasteiger partial charge in [0.15, 0.2) is 0 Å². The van der Waals surface area contributed by atoms with Crippen molar-refractivity contribution in [3.05, 3.63) is 29.9 Å². The van der Waals surface area contributed by atoms with Crippen LogP contribution in [-0.4, -0.2) is 27.1 Å². The monoisotopic (exact) mass is 263 g/mol. The Kier molecular flexibility index (Phi) is 3.57. The average Bonchev–Trinajstić information content (AvgIpc) is 2.72. The average molecular weight is 263 g/mol. The summed E-state index contributed by atoms with van der Waals surface area (Å²) in [6.07, 6.45) is 3.35. The maximum atomic E-state index is 11.1. The van der Waals surface area contributed by atoms with Crippen molar-refractivity contribution in [1.29, 1.82) is 0 Å². The van der Waals surface area contributed by atoms with Gasteiger partial charge in [-0.3, -0.25) is 0 Å². The molecule has 0 amide bonds. The van der Waals surface area contributed by atoms with Gasteiger partial charge in [0.25, 0.3) is 0 Å². The molecule has 5 nitrogen and oxygen atoms in total. The molecule has 2 rings (SSSR count). The van der Waals surface area contributed by atoms with Crippen LogP contribution in [0.2, 0.25) is 0 Å². The summed E-state index contributed by atoms with van der Waals surface area (Å²) in [5.41, 5.74) is 1.93. The molecule has 0 aliphatic carbocycles. The van der Waals surface area contributed by atoms with Gasteiger partial charge in [-0.2, -0.15) is 0 Å². The van der Waals surface area contributed by atoms with Crippen LogP contribution >= 0.6 is 11.3 Å². The molecule has 0 radical (unpaired) electrons. The number of carboxylic acid groups (broad SMARTS) is 1. The van der Waals surface area contributed by atoms with E-state index in [-0.39, 0.29) is 0 Å². The number of rotatable bonds is 5. The summed E-state index contributed by atoms with van der Waals surface area (Å²) in [5.74, 6) is -0.359. The third-order valence-corrected chi connectivity index (χ3v) is 3.64. The number of aromatic nitrogens is 2. The Bertz CT molecular complexity index is 594. The second kappa shape index (κ2) is 5.14. The number of hydrogen-bond donors (Lipinski definition) is 2. The highest BCUT2D eigenvalue weighted by atomic mass is 32.1. The number of aryl methyl sites for hydroxylation is 1. The number of anilines is 1. The largest absolute Gasteiger partial charge is 0.480 e. The fraction of sp³-hybridized carbons (Fsp3) is 0.250. The smallest absolute Gasteiger partial charge is 0.326 e. The van der Waals surface area contributed by atoms with E-state index in [1.165, 1.54) is 17.7 Å². The van der Waals surface area contributed by atoms with Gasteiger partial charge >= 0.3 is 5.97 Å². The molecule has 0 saturated heterocycles. The number of nitrogens with one attached hydrogen (secondary N) is 1. The molecule has 1 atom stereocenters. The highest BCUT2D eigenvalue weighted by molar-refractivity contribution is 7.18. The lowest BCUT2D eigenvalue weighted by Crippen LogP contribution is -2.29. The molecular weight excluding hydrogens is 250 g/mol. The molecule has 0 spiro atoms. The van der Waals surface area contributed by atoms with E-state index in [2.05, 4.69) is 21.9 Å². The molecule has 1 unspecified atom stereocenters. The maximum absolute atomic E-state index is 11.1. The summed E-state index contributed by atoms with van der Waals surface area (Å²) in [4.78, 5) is 19.4. The highest BCUT2D eigenvalue weighted by Gasteiger charge is 2.18. The number of thiophene rings is 1. The molecule has 0 saturated carbocycles. The quantitative estimate of drug-likeness (QED) is 0.810. The minimum Gasteiger partial charge on any atom is -0.480 e. The number of nitrogens with zero attached hydrogens (tertiary/aromatic N) is 2. The first-order valence-electron chi connectivity index (χ1n) is 5.42. The van der Waals surface area contributed by atoms with Gasteiger partial charge in [0.05, 0.1) is 10.2 Å². The lowest BCUT2D eigenvalue weighted by Gasteiger charge is -2.13. The van der Waals surface area contributed by atoms with Crippen LogP contribution in [0.5, 0.6) is 0 Å². The van der Waals surface area contributed by atoms with Crippen LogP contribution in [0.25, 0.3) is 10.2 Å². The van der Waals surface area contributed by atoms with Gasteiger partial charge in [0, 0.05) is 0 Å². The number of hydrogen-bond acceptors (Lipinski definition) is 5. The van der Waals surface area contributed by atoms with E-state index in [1.54, 1.807) is 6.08 Å². The van der Waals surface area contributed by atoms with E-state index in [0.717, 1.165) is 15.8 Å². The van der Waals surface area contributed by atoms with Crippen LogP contribution in [-0.2, 0) is 4.79 Å².